The first-order valence-corrected chi connectivity index (χ1v) is 6.34. The van der Waals surface area contributed by atoms with Crippen molar-refractivity contribution in [3.8, 4) is 0 Å². The summed E-state index contributed by atoms with van der Waals surface area (Å²) in [4.78, 5) is 22.6. The zero-order chi connectivity index (χ0) is 12.8. The first kappa shape index (κ1) is 13.8. The number of carbonyl (C=O) groups is 2. The molecule has 1 aliphatic rings. The van der Waals surface area contributed by atoms with Crippen LogP contribution >= 0.6 is 0 Å². The molecule has 0 saturated heterocycles. The first-order valence-electron chi connectivity index (χ1n) is 6.34. The van der Waals surface area contributed by atoms with Gasteiger partial charge in [0.1, 0.15) is 0 Å². The molecule has 0 aromatic carbocycles. The molecule has 2 amide bonds. The number of aliphatic carboxylic acids is 1. The highest BCUT2D eigenvalue weighted by Gasteiger charge is 2.33. The van der Waals surface area contributed by atoms with Gasteiger partial charge in [-0.25, -0.2) is 4.79 Å². The number of carboxylic acid groups (broad SMARTS) is 1. The van der Waals surface area contributed by atoms with Gasteiger partial charge in [0.2, 0.25) is 0 Å². The molecule has 17 heavy (non-hydrogen) atoms. The zero-order valence-corrected chi connectivity index (χ0v) is 10.5. The number of hydrogen-bond donors (Lipinski definition) is 3. The van der Waals surface area contributed by atoms with Gasteiger partial charge in [0, 0.05) is 12.1 Å². The maximum atomic E-state index is 11.6. The maximum Gasteiger partial charge on any atom is 0.315 e. The van der Waals surface area contributed by atoms with E-state index in [0.717, 1.165) is 25.7 Å². The maximum absolute atomic E-state index is 11.6. The van der Waals surface area contributed by atoms with E-state index in [1.54, 1.807) is 0 Å². The minimum Gasteiger partial charge on any atom is -0.481 e. The van der Waals surface area contributed by atoms with E-state index in [1.807, 2.05) is 6.92 Å². The molecule has 3 atom stereocenters. The van der Waals surface area contributed by atoms with Crippen LogP contribution in [0.2, 0.25) is 0 Å². The fraction of sp³-hybridized carbons (Fsp3) is 0.833. The summed E-state index contributed by atoms with van der Waals surface area (Å²) >= 11 is 0. The zero-order valence-electron chi connectivity index (χ0n) is 10.5. The van der Waals surface area contributed by atoms with E-state index in [-0.39, 0.29) is 18.1 Å². The molecule has 0 aliphatic heterocycles. The number of carbonyl (C=O) groups excluding carboxylic acids is 1. The van der Waals surface area contributed by atoms with Crippen LogP contribution in [0.3, 0.4) is 0 Å². The number of carboxylic acids is 1. The van der Waals surface area contributed by atoms with Gasteiger partial charge in [0.15, 0.2) is 0 Å². The molecule has 0 aromatic heterocycles. The quantitative estimate of drug-likeness (QED) is 0.687. The largest absolute Gasteiger partial charge is 0.481 e. The summed E-state index contributed by atoms with van der Waals surface area (Å²) in [5.74, 6) is -1.24. The van der Waals surface area contributed by atoms with Crippen molar-refractivity contribution in [2.75, 3.05) is 0 Å². The van der Waals surface area contributed by atoms with Crippen molar-refractivity contribution in [3.63, 3.8) is 0 Å². The van der Waals surface area contributed by atoms with Crippen LogP contribution in [0.4, 0.5) is 4.79 Å². The molecule has 5 nitrogen and oxygen atoms in total. The molecular weight excluding hydrogens is 220 g/mol. The molecule has 0 spiro atoms. The molecule has 5 heteroatoms. The highest BCUT2D eigenvalue weighted by atomic mass is 16.4. The van der Waals surface area contributed by atoms with E-state index in [4.69, 9.17) is 5.11 Å². The molecule has 3 unspecified atom stereocenters. The predicted molar refractivity (Wildman–Crippen MR) is 64.8 cm³/mol. The lowest BCUT2D eigenvalue weighted by molar-refractivity contribution is -0.142. The summed E-state index contributed by atoms with van der Waals surface area (Å²) in [6.45, 7) is 4.01. The van der Waals surface area contributed by atoms with Crippen LogP contribution in [0.1, 0.15) is 46.0 Å². The Bertz CT molecular complexity index is 281. The molecule has 1 aliphatic carbocycles. The van der Waals surface area contributed by atoms with Gasteiger partial charge in [-0.15, -0.1) is 0 Å². The number of hydrogen-bond acceptors (Lipinski definition) is 2. The summed E-state index contributed by atoms with van der Waals surface area (Å²) in [6, 6.07) is -0.338. The Labute approximate surface area is 102 Å². The number of amides is 2. The summed E-state index contributed by atoms with van der Waals surface area (Å²) in [7, 11) is 0. The Kier molecular flexibility index (Phi) is 5.25. The van der Waals surface area contributed by atoms with E-state index in [9.17, 15) is 9.59 Å². The molecule has 1 fully saturated rings. The van der Waals surface area contributed by atoms with Crippen LogP contribution in [0, 0.1) is 5.92 Å². The lowest BCUT2D eigenvalue weighted by Gasteiger charge is -2.20. The van der Waals surface area contributed by atoms with Crippen LogP contribution in [0.5, 0.6) is 0 Å². The lowest BCUT2D eigenvalue weighted by Crippen LogP contribution is -2.47. The van der Waals surface area contributed by atoms with E-state index in [1.165, 1.54) is 0 Å². The molecule has 3 N–H and O–H groups in total. The third-order valence-electron chi connectivity index (χ3n) is 3.25. The Balaban J connectivity index is 2.37. The minimum absolute atomic E-state index is 0.129. The second-order valence-corrected chi connectivity index (χ2v) is 4.79. The minimum atomic E-state index is -0.811. The van der Waals surface area contributed by atoms with Crippen molar-refractivity contribution in [3.05, 3.63) is 0 Å². The van der Waals surface area contributed by atoms with Crippen LogP contribution in [-0.2, 0) is 4.79 Å². The molecular formula is C12H22N2O3. The highest BCUT2D eigenvalue weighted by Crippen LogP contribution is 2.25. The topological polar surface area (TPSA) is 78.4 Å². The number of rotatable bonds is 5. The summed E-state index contributed by atoms with van der Waals surface area (Å²) in [5, 5.41) is 14.6. The van der Waals surface area contributed by atoms with Gasteiger partial charge in [-0.1, -0.05) is 19.8 Å². The second kappa shape index (κ2) is 6.47. The van der Waals surface area contributed by atoms with Crippen molar-refractivity contribution in [1.82, 2.24) is 10.6 Å². The lowest BCUT2D eigenvalue weighted by atomic mass is 10.0. The Morgan fingerprint density at radius 3 is 2.71 bits per heavy atom. The van der Waals surface area contributed by atoms with E-state index in [0.29, 0.717) is 6.42 Å². The average Bonchev–Trinajstić information content (AvgIpc) is 2.65. The highest BCUT2D eigenvalue weighted by molar-refractivity contribution is 5.77. The Morgan fingerprint density at radius 1 is 1.41 bits per heavy atom. The monoisotopic (exact) mass is 242 g/mol. The molecule has 98 valence electrons. The van der Waals surface area contributed by atoms with Gasteiger partial charge in [0.25, 0.3) is 0 Å². The normalized spacial score (nSPS) is 25.3. The van der Waals surface area contributed by atoms with E-state index < -0.39 is 11.9 Å². The summed E-state index contributed by atoms with van der Waals surface area (Å²) < 4.78 is 0. The van der Waals surface area contributed by atoms with E-state index >= 15 is 0 Å². The van der Waals surface area contributed by atoms with Crippen molar-refractivity contribution in [2.45, 2.75) is 58.0 Å². The first-order chi connectivity index (χ1) is 8.04. The second-order valence-electron chi connectivity index (χ2n) is 4.79. The molecule has 0 radical (unpaired) electrons. The molecule has 0 heterocycles. The smallest absolute Gasteiger partial charge is 0.315 e. The van der Waals surface area contributed by atoms with E-state index in [2.05, 4.69) is 17.6 Å². The Morgan fingerprint density at radius 2 is 2.12 bits per heavy atom. The number of urea groups is 1. The van der Waals surface area contributed by atoms with Crippen LogP contribution < -0.4 is 10.6 Å². The predicted octanol–water partition coefficient (Wildman–Crippen LogP) is 1.73. The van der Waals surface area contributed by atoms with Gasteiger partial charge in [0.05, 0.1) is 5.92 Å². The van der Waals surface area contributed by atoms with Gasteiger partial charge >= 0.3 is 12.0 Å². The summed E-state index contributed by atoms with van der Waals surface area (Å²) in [5.41, 5.74) is 0. The average molecular weight is 242 g/mol. The van der Waals surface area contributed by atoms with Gasteiger partial charge in [-0.2, -0.15) is 0 Å². The number of nitrogens with one attached hydrogen (secondary N) is 2. The van der Waals surface area contributed by atoms with Gasteiger partial charge in [-0.05, 0) is 26.2 Å². The standard InChI is InChI=1S/C12H22N2O3/c1-3-5-8(2)13-12(17)14-10-7-4-6-9(10)11(15)16/h8-10H,3-7H2,1-2H3,(H,15,16)(H2,13,14,17). The SMILES string of the molecule is CCCC(C)NC(=O)NC1CCCC1C(=O)O. The molecule has 1 rings (SSSR count). The third kappa shape index (κ3) is 4.24. The third-order valence-corrected chi connectivity index (χ3v) is 3.25. The van der Waals surface area contributed by atoms with Crippen LogP contribution in [0.25, 0.3) is 0 Å². The fourth-order valence-corrected chi connectivity index (χ4v) is 2.37. The van der Waals surface area contributed by atoms with Crippen molar-refractivity contribution >= 4 is 12.0 Å². The van der Waals surface area contributed by atoms with Crippen LogP contribution in [-0.4, -0.2) is 29.2 Å². The van der Waals surface area contributed by atoms with Crippen molar-refractivity contribution < 1.29 is 14.7 Å². The molecule has 0 bridgehead atoms. The fourth-order valence-electron chi connectivity index (χ4n) is 2.37. The Hall–Kier alpha value is -1.26. The summed E-state index contributed by atoms with van der Waals surface area (Å²) in [6.07, 6.45) is 4.23. The van der Waals surface area contributed by atoms with Crippen molar-refractivity contribution in [1.29, 1.82) is 0 Å². The van der Waals surface area contributed by atoms with Crippen LogP contribution in [0.15, 0.2) is 0 Å². The molecule has 0 aromatic rings. The van der Waals surface area contributed by atoms with Gasteiger partial charge in [-0.3, -0.25) is 4.79 Å². The molecule has 1 saturated carbocycles. The van der Waals surface area contributed by atoms with Crippen molar-refractivity contribution in [2.24, 2.45) is 5.92 Å². The van der Waals surface area contributed by atoms with Gasteiger partial charge < -0.3 is 15.7 Å².